The van der Waals surface area contributed by atoms with Gasteiger partial charge in [0.2, 0.25) is 0 Å². The molecule has 1 aliphatic rings. The van der Waals surface area contributed by atoms with Crippen LogP contribution in [0.4, 0.5) is 13.2 Å². The molecule has 1 aromatic carbocycles. The Bertz CT molecular complexity index is 1140. The summed E-state index contributed by atoms with van der Waals surface area (Å²) in [4.78, 5) is 17.1. The minimum absolute atomic E-state index is 0.146. The van der Waals surface area contributed by atoms with E-state index in [1.807, 2.05) is 0 Å². The molecule has 1 atom stereocenters. The summed E-state index contributed by atoms with van der Waals surface area (Å²) in [6, 6.07) is 3.51. The maximum absolute atomic E-state index is 13.0. The van der Waals surface area contributed by atoms with Crippen LogP contribution in [0.25, 0.3) is 11.0 Å². The van der Waals surface area contributed by atoms with E-state index in [-0.39, 0.29) is 17.1 Å². The number of hydrogen-bond acceptors (Lipinski definition) is 4. The maximum Gasteiger partial charge on any atom is 0.417 e. The van der Waals surface area contributed by atoms with E-state index in [2.05, 4.69) is 10.1 Å². The van der Waals surface area contributed by atoms with E-state index in [9.17, 15) is 18.0 Å². The number of aryl methyl sites for hydroxylation is 1. The third kappa shape index (κ3) is 2.89. The summed E-state index contributed by atoms with van der Waals surface area (Å²) in [7, 11) is 1.62. The topological polar surface area (TPSA) is 78.7 Å². The molecule has 1 unspecified atom stereocenters. The van der Waals surface area contributed by atoms with Gasteiger partial charge in [0.25, 0.3) is 5.56 Å². The van der Waals surface area contributed by atoms with Crippen molar-refractivity contribution in [2.75, 3.05) is 0 Å². The van der Waals surface area contributed by atoms with Crippen molar-refractivity contribution in [3.8, 4) is 0 Å². The number of rotatable bonds is 3. The van der Waals surface area contributed by atoms with Gasteiger partial charge in [0, 0.05) is 13.1 Å². The van der Waals surface area contributed by atoms with Crippen LogP contribution in [0.3, 0.4) is 0 Å². The quantitative estimate of drug-likeness (QED) is 0.716. The van der Waals surface area contributed by atoms with E-state index in [1.54, 1.807) is 18.5 Å². The summed E-state index contributed by atoms with van der Waals surface area (Å²) in [6.07, 6.45) is -1.24. The first-order chi connectivity index (χ1) is 13.0. The zero-order chi connectivity index (χ0) is 20.4. The van der Waals surface area contributed by atoms with Crippen LogP contribution in [0.15, 0.2) is 29.3 Å². The number of nitrogens with two attached hydrogens (primary N) is 1. The Labute approximate surface area is 162 Å². The molecule has 0 aliphatic heterocycles. The lowest BCUT2D eigenvalue weighted by Gasteiger charge is -2.26. The van der Waals surface area contributed by atoms with Crippen molar-refractivity contribution in [3.05, 3.63) is 56.7 Å². The number of nitrogens with zero attached hydrogens (tertiary/aromatic N) is 4. The SMILES string of the molecule is Cn1nc2c(=O)n(C3CC3)cnc2c1C(C)(N)c1ccc(C(F)(F)F)c(Cl)c1. The van der Waals surface area contributed by atoms with Crippen LogP contribution >= 0.6 is 11.6 Å². The summed E-state index contributed by atoms with van der Waals surface area (Å²) in [6.45, 7) is 1.62. The molecule has 4 rings (SSSR count). The fourth-order valence-corrected chi connectivity index (χ4v) is 3.76. The molecule has 2 aromatic heterocycles. The summed E-state index contributed by atoms with van der Waals surface area (Å²) >= 11 is 5.86. The highest BCUT2D eigenvalue weighted by Gasteiger charge is 2.37. The first-order valence-electron chi connectivity index (χ1n) is 8.62. The van der Waals surface area contributed by atoms with Crippen LogP contribution in [-0.2, 0) is 18.8 Å². The van der Waals surface area contributed by atoms with Crippen LogP contribution in [0.5, 0.6) is 0 Å². The Balaban J connectivity index is 1.87. The number of aromatic nitrogens is 4. The van der Waals surface area contributed by atoms with E-state index in [4.69, 9.17) is 17.3 Å². The fraction of sp³-hybridized carbons (Fsp3) is 0.389. The second-order valence-electron chi connectivity index (χ2n) is 7.25. The van der Waals surface area contributed by atoms with Crippen molar-refractivity contribution < 1.29 is 13.2 Å². The third-order valence-corrected chi connectivity index (χ3v) is 5.39. The van der Waals surface area contributed by atoms with Crippen molar-refractivity contribution in [1.82, 2.24) is 19.3 Å². The van der Waals surface area contributed by atoms with E-state index in [0.29, 0.717) is 16.8 Å². The van der Waals surface area contributed by atoms with Crippen molar-refractivity contribution in [2.24, 2.45) is 12.8 Å². The van der Waals surface area contributed by atoms with Gasteiger partial charge in [0.05, 0.1) is 28.1 Å². The van der Waals surface area contributed by atoms with Crippen LogP contribution in [0, 0.1) is 0 Å². The number of hydrogen-bond donors (Lipinski definition) is 1. The molecule has 0 spiro atoms. The van der Waals surface area contributed by atoms with Crippen molar-refractivity contribution in [2.45, 2.75) is 37.5 Å². The first-order valence-corrected chi connectivity index (χ1v) is 9.00. The van der Waals surface area contributed by atoms with Crippen molar-refractivity contribution >= 4 is 22.6 Å². The van der Waals surface area contributed by atoms with Crippen LogP contribution in [0.1, 0.15) is 42.6 Å². The Hall–Kier alpha value is -2.39. The average Bonchev–Trinajstić information content (AvgIpc) is 3.36. The lowest BCUT2D eigenvalue weighted by molar-refractivity contribution is -0.137. The number of benzene rings is 1. The Morgan fingerprint density at radius 3 is 2.50 bits per heavy atom. The van der Waals surface area contributed by atoms with Gasteiger partial charge in [-0.05, 0) is 37.5 Å². The molecule has 0 radical (unpaired) electrons. The van der Waals surface area contributed by atoms with Crippen LogP contribution < -0.4 is 11.3 Å². The molecule has 2 heterocycles. The summed E-state index contributed by atoms with van der Waals surface area (Å²) in [5.74, 6) is 0. The zero-order valence-corrected chi connectivity index (χ0v) is 15.8. The number of fused-ring (bicyclic) bond motifs is 1. The molecule has 10 heteroatoms. The average molecular weight is 412 g/mol. The van der Waals surface area contributed by atoms with Gasteiger partial charge in [-0.25, -0.2) is 4.98 Å². The molecule has 6 nitrogen and oxygen atoms in total. The second-order valence-corrected chi connectivity index (χ2v) is 7.66. The number of halogens is 4. The summed E-state index contributed by atoms with van der Waals surface area (Å²) in [5, 5.41) is 3.84. The Kier molecular flexibility index (Phi) is 4.10. The highest BCUT2D eigenvalue weighted by atomic mass is 35.5. The smallest absolute Gasteiger partial charge is 0.317 e. The van der Waals surface area contributed by atoms with Gasteiger partial charge in [0.15, 0.2) is 5.52 Å². The van der Waals surface area contributed by atoms with Gasteiger partial charge >= 0.3 is 6.18 Å². The van der Waals surface area contributed by atoms with Gasteiger partial charge in [-0.1, -0.05) is 17.7 Å². The van der Waals surface area contributed by atoms with Crippen molar-refractivity contribution in [3.63, 3.8) is 0 Å². The minimum Gasteiger partial charge on any atom is -0.317 e. The molecule has 1 fully saturated rings. The summed E-state index contributed by atoms with van der Waals surface area (Å²) in [5.41, 5.74) is 5.32. The largest absolute Gasteiger partial charge is 0.417 e. The Morgan fingerprint density at radius 1 is 1.25 bits per heavy atom. The van der Waals surface area contributed by atoms with Gasteiger partial charge in [0.1, 0.15) is 5.52 Å². The van der Waals surface area contributed by atoms with E-state index in [0.717, 1.165) is 18.9 Å². The highest BCUT2D eigenvalue weighted by Crippen LogP contribution is 2.38. The molecular formula is C18H17ClF3N5O. The number of alkyl halides is 3. The van der Waals surface area contributed by atoms with Gasteiger partial charge in [-0.3, -0.25) is 14.0 Å². The molecule has 148 valence electrons. The second kappa shape index (κ2) is 6.05. The Morgan fingerprint density at radius 2 is 1.93 bits per heavy atom. The van der Waals surface area contributed by atoms with Gasteiger partial charge < -0.3 is 5.73 Å². The van der Waals surface area contributed by atoms with E-state index >= 15 is 0 Å². The molecule has 0 amide bonds. The molecule has 0 bridgehead atoms. The van der Waals surface area contributed by atoms with Crippen molar-refractivity contribution in [1.29, 1.82) is 0 Å². The summed E-state index contributed by atoms with van der Waals surface area (Å²) < 4.78 is 42.0. The predicted molar refractivity (Wildman–Crippen MR) is 98.1 cm³/mol. The monoisotopic (exact) mass is 411 g/mol. The molecule has 1 saturated carbocycles. The van der Waals surface area contributed by atoms with Gasteiger partial charge in [-0.15, -0.1) is 0 Å². The standard InChI is InChI=1S/C18H17ClF3N5O/c1-17(23,9-3-6-11(12(19)7-9)18(20,21)22)15-13-14(25-26(15)2)16(28)27(8-24-13)10-4-5-10/h3,6-8,10H,4-5,23H2,1-2H3. The first kappa shape index (κ1) is 18.9. The van der Waals surface area contributed by atoms with Crippen LogP contribution in [0.2, 0.25) is 5.02 Å². The molecule has 2 N–H and O–H groups in total. The van der Waals surface area contributed by atoms with E-state index in [1.165, 1.54) is 23.1 Å². The molecule has 28 heavy (non-hydrogen) atoms. The fourth-order valence-electron chi connectivity index (χ4n) is 3.47. The zero-order valence-electron chi connectivity index (χ0n) is 15.1. The molecule has 1 aliphatic carbocycles. The lowest BCUT2D eigenvalue weighted by atomic mass is 9.88. The lowest BCUT2D eigenvalue weighted by Crippen LogP contribution is -2.37. The minimum atomic E-state index is -4.56. The molecular weight excluding hydrogens is 395 g/mol. The molecule has 3 aromatic rings. The highest BCUT2D eigenvalue weighted by molar-refractivity contribution is 6.31. The normalized spacial score (nSPS) is 17.1. The molecule has 0 saturated heterocycles. The van der Waals surface area contributed by atoms with Gasteiger partial charge in [-0.2, -0.15) is 18.3 Å². The maximum atomic E-state index is 13.0. The third-order valence-electron chi connectivity index (χ3n) is 5.08. The predicted octanol–water partition coefficient (Wildman–Crippen LogP) is 3.36. The van der Waals surface area contributed by atoms with Crippen LogP contribution in [-0.4, -0.2) is 19.3 Å². The van der Waals surface area contributed by atoms with E-state index < -0.39 is 22.3 Å².